The van der Waals surface area contributed by atoms with Crippen molar-refractivity contribution in [2.24, 2.45) is 0 Å². The second-order valence-electron chi connectivity index (χ2n) is 4.23. The molecule has 1 heterocycles. The molecule has 1 aromatic rings. The number of anilines is 1. The third-order valence-corrected chi connectivity index (χ3v) is 3.51. The molecule has 0 radical (unpaired) electrons. The van der Waals surface area contributed by atoms with Gasteiger partial charge in [-0.15, -0.1) is 0 Å². The number of urea groups is 1. The number of benzene rings is 1. The second-order valence-corrected chi connectivity index (χ2v) is 5.14. The van der Waals surface area contributed by atoms with Gasteiger partial charge in [0.1, 0.15) is 5.82 Å². The first kappa shape index (κ1) is 13.3. The van der Waals surface area contributed by atoms with Crippen LogP contribution < -0.4 is 5.32 Å². The highest BCUT2D eigenvalue weighted by Gasteiger charge is 2.28. The van der Waals surface area contributed by atoms with Gasteiger partial charge in [0.25, 0.3) is 0 Å². The van der Waals surface area contributed by atoms with Crippen molar-refractivity contribution in [2.75, 3.05) is 18.5 Å². The van der Waals surface area contributed by atoms with Crippen molar-refractivity contribution in [1.82, 2.24) is 4.90 Å². The Morgan fingerprint density at radius 2 is 2.39 bits per heavy atom. The topological polar surface area (TPSA) is 52.6 Å². The van der Waals surface area contributed by atoms with Gasteiger partial charge in [0.15, 0.2) is 0 Å². The molecule has 0 bridgehead atoms. The molecule has 0 spiro atoms. The van der Waals surface area contributed by atoms with Crippen molar-refractivity contribution < 1.29 is 14.3 Å². The van der Waals surface area contributed by atoms with Crippen molar-refractivity contribution in [3.63, 3.8) is 0 Å². The van der Waals surface area contributed by atoms with Crippen molar-refractivity contribution in [2.45, 2.75) is 18.9 Å². The Morgan fingerprint density at radius 1 is 1.61 bits per heavy atom. The molecule has 2 rings (SSSR count). The van der Waals surface area contributed by atoms with Crippen LogP contribution in [0.3, 0.4) is 0 Å². The molecule has 0 aromatic heterocycles. The summed E-state index contributed by atoms with van der Waals surface area (Å²) >= 11 is 3.22. The molecule has 6 heteroatoms. The van der Waals surface area contributed by atoms with Crippen LogP contribution in [0, 0.1) is 5.82 Å². The lowest BCUT2D eigenvalue weighted by atomic mass is 10.2. The molecule has 0 aliphatic carbocycles. The number of nitrogens with zero attached hydrogens (tertiary/aromatic N) is 1. The van der Waals surface area contributed by atoms with E-state index >= 15 is 0 Å². The lowest BCUT2D eigenvalue weighted by Gasteiger charge is -2.23. The maximum atomic E-state index is 13.5. The monoisotopic (exact) mass is 316 g/mol. The summed E-state index contributed by atoms with van der Waals surface area (Å²) in [5, 5.41) is 11.7. The van der Waals surface area contributed by atoms with Gasteiger partial charge in [-0.2, -0.15) is 0 Å². The summed E-state index contributed by atoms with van der Waals surface area (Å²) in [7, 11) is 0. The molecule has 98 valence electrons. The zero-order valence-corrected chi connectivity index (χ0v) is 11.3. The van der Waals surface area contributed by atoms with Crippen LogP contribution in [0.2, 0.25) is 0 Å². The molecule has 0 saturated carbocycles. The summed E-state index contributed by atoms with van der Waals surface area (Å²) in [6.07, 6.45) is 1.64. The minimum atomic E-state index is -0.480. The Kier molecular flexibility index (Phi) is 4.19. The molecular weight excluding hydrogens is 303 g/mol. The van der Waals surface area contributed by atoms with Gasteiger partial charge >= 0.3 is 6.03 Å². The zero-order valence-electron chi connectivity index (χ0n) is 9.70. The second kappa shape index (κ2) is 5.67. The normalized spacial score (nSPS) is 19.1. The van der Waals surface area contributed by atoms with Crippen LogP contribution in [-0.4, -0.2) is 35.2 Å². The summed E-state index contributed by atoms with van der Waals surface area (Å²) in [4.78, 5) is 13.5. The Hall–Kier alpha value is -1.14. The maximum absolute atomic E-state index is 13.5. The van der Waals surface area contributed by atoms with Gasteiger partial charge in [-0.05, 0) is 31.0 Å². The number of hydrogen-bond donors (Lipinski definition) is 2. The summed E-state index contributed by atoms with van der Waals surface area (Å²) < 4.78 is 14.2. The number of halogens is 2. The largest absolute Gasteiger partial charge is 0.394 e. The molecule has 1 aromatic carbocycles. The van der Waals surface area contributed by atoms with Crippen LogP contribution >= 0.6 is 15.9 Å². The third kappa shape index (κ3) is 2.81. The fraction of sp³-hybridized carbons (Fsp3) is 0.417. The number of carbonyl (C=O) groups excluding carboxylic acids is 1. The smallest absolute Gasteiger partial charge is 0.322 e. The van der Waals surface area contributed by atoms with E-state index < -0.39 is 5.82 Å². The fourth-order valence-corrected chi connectivity index (χ4v) is 2.43. The van der Waals surface area contributed by atoms with E-state index in [1.165, 1.54) is 12.1 Å². The predicted molar refractivity (Wildman–Crippen MR) is 69.9 cm³/mol. The number of carbonyl (C=O) groups is 1. The molecule has 1 saturated heterocycles. The molecular formula is C12H14BrFN2O2. The summed E-state index contributed by atoms with van der Waals surface area (Å²) in [6, 6.07) is 3.82. The first-order valence-electron chi connectivity index (χ1n) is 5.75. The Balaban J connectivity index is 2.09. The van der Waals surface area contributed by atoms with Gasteiger partial charge in [-0.3, -0.25) is 0 Å². The van der Waals surface area contributed by atoms with Crippen LogP contribution in [0.15, 0.2) is 22.7 Å². The van der Waals surface area contributed by atoms with Crippen molar-refractivity contribution in [3.05, 3.63) is 28.5 Å². The fourth-order valence-electron chi connectivity index (χ4n) is 2.07. The summed E-state index contributed by atoms with van der Waals surface area (Å²) in [5.74, 6) is -0.480. The maximum Gasteiger partial charge on any atom is 0.322 e. The van der Waals surface area contributed by atoms with Crippen LogP contribution in [0.1, 0.15) is 12.8 Å². The van der Waals surface area contributed by atoms with E-state index in [0.717, 1.165) is 12.8 Å². The van der Waals surface area contributed by atoms with Gasteiger partial charge in [0.2, 0.25) is 0 Å². The van der Waals surface area contributed by atoms with Gasteiger partial charge in [-0.1, -0.05) is 15.9 Å². The molecule has 4 nitrogen and oxygen atoms in total. The Bertz CT molecular complexity index is 456. The SMILES string of the molecule is O=C(Nc1cc(Br)ccc1F)N1CCC[C@H]1CO. The Labute approximate surface area is 113 Å². The summed E-state index contributed by atoms with van der Waals surface area (Å²) in [6.45, 7) is 0.529. The zero-order chi connectivity index (χ0) is 13.1. The van der Waals surface area contributed by atoms with Crippen molar-refractivity contribution in [3.8, 4) is 0 Å². The number of aliphatic hydroxyl groups is 1. The van der Waals surface area contributed by atoms with Crippen molar-refractivity contribution >= 4 is 27.6 Å². The van der Waals surface area contributed by atoms with Crippen LogP contribution in [0.5, 0.6) is 0 Å². The number of aliphatic hydroxyl groups excluding tert-OH is 1. The lowest BCUT2D eigenvalue weighted by Crippen LogP contribution is -2.40. The minimum Gasteiger partial charge on any atom is -0.394 e. The van der Waals surface area contributed by atoms with Crippen LogP contribution in [0.25, 0.3) is 0 Å². The van der Waals surface area contributed by atoms with Crippen LogP contribution in [-0.2, 0) is 0 Å². The first-order chi connectivity index (χ1) is 8.61. The number of likely N-dealkylation sites (tertiary alicyclic amines) is 1. The molecule has 1 fully saturated rings. The number of nitrogens with one attached hydrogen (secondary N) is 1. The number of amides is 2. The number of hydrogen-bond acceptors (Lipinski definition) is 2. The molecule has 18 heavy (non-hydrogen) atoms. The van der Waals surface area contributed by atoms with E-state index in [-0.39, 0.29) is 24.4 Å². The molecule has 1 aliphatic heterocycles. The predicted octanol–water partition coefficient (Wildman–Crippen LogP) is 2.58. The molecule has 1 aliphatic rings. The molecule has 1 atom stereocenters. The average Bonchev–Trinajstić information content (AvgIpc) is 2.82. The summed E-state index contributed by atoms with van der Waals surface area (Å²) in [5.41, 5.74) is 0.137. The Morgan fingerprint density at radius 3 is 3.11 bits per heavy atom. The van der Waals surface area contributed by atoms with Gasteiger partial charge in [-0.25, -0.2) is 9.18 Å². The van der Waals surface area contributed by atoms with Crippen molar-refractivity contribution in [1.29, 1.82) is 0 Å². The van der Waals surface area contributed by atoms with Gasteiger partial charge < -0.3 is 15.3 Å². The van der Waals surface area contributed by atoms with E-state index in [2.05, 4.69) is 21.2 Å². The molecule has 2 N–H and O–H groups in total. The third-order valence-electron chi connectivity index (χ3n) is 3.02. The minimum absolute atomic E-state index is 0.0611. The van der Waals surface area contributed by atoms with E-state index in [4.69, 9.17) is 5.11 Å². The molecule has 2 amide bonds. The highest BCUT2D eigenvalue weighted by Crippen LogP contribution is 2.22. The standard InChI is InChI=1S/C12H14BrFN2O2/c13-8-3-4-10(14)11(6-8)15-12(18)16-5-1-2-9(16)7-17/h3-4,6,9,17H,1-2,5,7H2,(H,15,18)/t9-/m0/s1. The van der Waals surface area contributed by atoms with E-state index in [1.54, 1.807) is 11.0 Å². The number of rotatable bonds is 2. The van der Waals surface area contributed by atoms with Gasteiger partial charge in [0, 0.05) is 11.0 Å². The lowest BCUT2D eigenvalue weighted by molar-refractivity contribution is 0.166. The van der Waals surface area contributed by atoms with E-state index in [1.807, 2.05) is 0 Å². The van der Waals surface area contributed by atoms with E-state index in [0.29, 0.717) is 11.0 Å². The average molecular weight is 317 g/mol. The van der Waals surface area contributed by atoms with Crippen LogP contribution in [0.4, 0.5) is 14.9 Å². The quantitative estimate of drug-likeness (QED) is 0.881. The van der Waals surface area contributed by atoms with Gasteiger partial charge in [0.05, 0.1) is 18.3 Å². The molecule has 0 unspecified atom stereocenters. The van der Waals surface area contributed by atoms with E-state index in [9.17, 15) is 9.18 Å². The highest BCUT2D eigenvalue weighted by atomic mass is 79.9. The highest BCUT2D eigenvalue weighted by molar-refractivity contribution is 9.10. The first-order valence-corrected chi connectivity index (χ1v) is 6.54.